The number of rotatable bonds is 3. The summed E-state index contributed by atoms with van der Waals surface area (Å²) in [6, 6.07) is 1.65. The van der Waals surface area contributed by atoms with Gasteiger partial charge < -0.3 is 14.6 Å². The van der Waals surface area contributed by atoms with Crippen molar-refractivity contribution in [2.45, 2.75) is 19.4 Å². The van der Waals surface area contributed by atoms with Crippen LogP contribution in [-0.4, -0.2) is 22.3 Å². The average molecular weight is 170 g/mol. The maximum absolute atomic E-state index is 10.3. The number of aliphatic carboxylic acids is 1. The van der Waals surface area contributed by atoms with Gasteiger partial charge in [-0.1, -0.05) is 0 Å². The summed E-state index contributed by atoms with van der Waals surface area (Å²) >= 11 is 0. The molecule has 0 aliphatic carbocycles. The first-order valence-electron chi connectivity index (χ1n) is 3.55. The van der Waals surface area contributed by atoms with Crippen LogP contribution in [0, 0.1) is 6.92 Å². The van der Waals surface area contributed by atoms with Gasteiger partial charge in [-0.05, 0) is 18.6 Å². The Hall–Kier alpha value is -1.29. The molecule has 0 spiro atoms. The Morgan fingerprint density at radius 1 is 1.75 bits per heavy atom. The van der Waals surface area contributed by atoms with Gasteiger partial charge in [-0.2, -0.15) is 0 Å². The van der Waals surface area contributed by atoms with Crippen LogP contribution in [-0.2, 0) is 11.2 Å². The Morgan fingerprint density at radius 2 is 2.42 bits per heavy atom. The zero-order valence-electron chi connectivity index (χ0n) is 6.65. The van der Waals surface area contributed by atoms with E-state index in [1.165, 1.54) is 6.26 Å². The summed E-state index contributed by atoms with van der Waals surface area (Å²) in [5.41, 5.74) is 0.727. The van der Waals surface area contributed by atoms with Gasteiger partial charge in [-0.3, -0.25) is 0 Å². The van der Waals surface area contributed by atoms with E-state index >= 15 is 0 Å². The number of carbonyl (C=O) groups is 1. The summed E-state index contributed by atoms with van der Waals surface area (Å²) in [5, 5.41) is 17.4. The van der Waals surface area contributed by atoms with Gasteiger partial charge in [0.2, 0.25) is 0 Å². The van der Waals surface area contributed by atoms with Crippen molar-refractivity contribution in [3.05, 3.63) is 23.7 Å². The lowest BCUT2D eigenvalue weighted by Crippen LogP contribution is -2.21. The van der Waals surface area contributed by atoms with Crippen molar-refractivity contribution >= 4 is 5.97 Å². The molecule has 1 rings (SSSR count). The first-order valence-corrected chi connectivity index (χ1v) is 3.55. The Kier molecular flexibility index (Phi) is 2.50. The molecule has 0 aliphatic heterocycles. The van der Waals surface area contributed by atoms with E-state index in [-0.39, 0.29) is 6.42 Å². The van der Waals surface area contributed by atoms with Crippen LogP contribution in [0.4, 0.5) is 0 Å². The lowest BCUT2D eigenvalue weighted by Gasteiger charge is -2.02. The van der Waals surface area contributed by atoms with Gasteiger partial charge in [0.25, 0.3) is 0 Å². The standard InChI is InChI=1S/C8H10O4/c1-5-6(2-3-12-5)4-7(9)8(10)11/h2-3,7,9H,4H2,1H3,(H,10,11). The molecule has 1 aromatic rings. The minimum Gasteiger partial charge on any atom is -0.479 e. The quantitative estimate of drug-likeness (QED) is 0.695. The zero-order valence-corrected chi connectivity index (χ0v) is 6.65. The maximum atomic E-state index is 10.3. The molecule has 1 aromatic heterocycles. The minimum absolute atomic E-state index is 0.0949. The Labute approximate surface area is 69.4 Å². The summed E-state index contributed by atoms with van der Waals surface area (Å²) in [6.07, 6.45) is 0.220. The maximum Gasteiger partial charge on any atom is 0.332 e. The average Bonchev–Trinajstić information content (AvgIpc) is 2.36. The fraction of sp³-hybridized carbons (Fsp3) is 0.375. The van der Waals surface area contributed by atoms with Crippen LogP contribution < -0.4 is 0 Å². The van der Waals surface area contributed by atoms with E-state index in [1.807, 2.05) is 0 Å². The predicted molar refractivity (Wildman–Crippen MR) is 40.8 cm³/mol. The van der Waals surface area contributed by atoms with E-state index in [0.717, 1.165) is 5.56 Å². The molecule has 0 saturated heterocycles. The number of carboxylic acids is 1. The third-order valence-electron chi connectivity index (χ3n) is 1.66. The van der Waals surface area contributed by atoms with Gasteiger partial charge in [-0.15, -0.1) is 0 Å². The van der Waals surface area contributed by atoms with Gasteiger partial charge in [0.05, 0.1) is 6.26 Å². The van der Waals surface area contributed by atoms with Gasteiger partial charge >= 0.3 is 5.97 Å². The number of aliphatic hydroxyl groups excluding tert-OH is 1. The lowest BCUT2D eigenvalue weighted by molar-refractivity contribution is -0.146. The second-order valence-corrected chi connectivity index (χ2v) is 2.56. The molecule has 0 bridgehead atoms. The van der Waals surface area contributed by atoms with Crippen LogP contribution in [0.15, 0.2) is 16.7 Å². The molecule has 4 heteroatoms. The van der Waals surface area contributed by atoms with Gasteiger partial charge in [-0.25, -0.2) is 4.79 Å². The summed E-state index contributed by atoms with van der Waals surface area (Å²) in [4.78, 5) is 10.3. The molecule has 0 aliphatic rings. The molecule has 0 fully saturated rings. The summed E-state index contributed by atoms with van der Waals surface area (Å²) in [6.45, 7) is 1.73. The number of aryl methyl sites for hydroxylation is 1. The van der Waals surface area contributed by atoms with E-state index in [2.05, 4.69) is 0 Å². The van der Waals surface area contributed by atoms with E-state index in [0.29, 0.717) is 5.76 Å². The second-order valence-electron chi connectivity index (χ2n) is 2.56. The molecule has 1 atom stereocenters. The first kappa shape index (κ1) is 8.80. The van der Waals surface area contributed by atoms with Crippen molar-refractivity contribution in [3.63, 3.8) is 0 Å². The van der Waals surface area contributed by atoms with Crippen molar-refractivity contribution < 1.29 is 19.4 Å². The topological polar surface area (TPSA) is 70.7 Å². The summed E-state index contributed by atoms with van der Waals surface area (Å²) in [5.74, 6) is -0.564. The van der Waals surface area contributed by atoms with Gasteiger partial charge in [0.1, 0.15) is 5.76 Å². The summed E-state index contributed by atoms with van der Waals surface area (Å²) in [7, 11) is 0. The highest BCUT2D eigenvalue weighted by molar-refractivity contribution is 5.72. The third kappa shape index (κ3) is 1.85. The highest BCUT2D eigenvalue weighted by Crippen LogP contribution is 2.11. The lowest BCUT2D eigenvalue weighted by atomic mass is 10.1. The molecule has 12 heavy (non-hydrogen) atoms. The van der Waals surface area contributed by atoms with Crippen LogP contribution >= 0.6 is 0 Å². The van der Waals surface area contributed by atoms with Crippen LogP contribution in [0.2, 0.25) is 0 Å². The molecule has 4 nitrogen and oxygen atoms in total. The largest absolute Gasteiger partial charge is 0.479 e. The van der Waals surface area contributed by atoms with E-state index in [4.69, 9.17) is 14.6 Å². The predicted octanol–water partition coefficient (Wildman–Crippen LogP) is 0.576. The number of carboxylic acid groups (broad SMARTS) is 1. The second kappa shape index (κ2) is 3.40. The highest BCUT2D eigenvalue weighted by atomic mass is 16.4. The normalized spacial score (nSPS) is 12.8. The first-order chi connectivity index (χ1) is 5.61. The Balaban J connectivity index is 2.64. The Bertz CT molecular complexity index is 276. The van der Waals surface area contributed by atoms with Crippen LogP contribution in [0.1, 0.15) is 11.3 Å². The molecule has 0 saturated carbocycles. The van der Waals surface area contributed by atoms with E-state index in [1.54, 1.807) is 13.0 Å². The molecule has 1 heterocycles. The Morgan fingerprint density at radius 3 is 2.83 bits per heavy atom. The molecular formula is C8H10O4. The fourth-order valence-corrected chi connectivity index (χ4v) is 0.919. The van der Waals surface area contributed by atoms with Crippen molar-refractivity contribution in [2.24, 2.45) is 0 Å². The van der Waals surface area contributed by atoms with Crippen molar-refractivity contribution in [2.75, 3.05) is 0 Å². The highest BCUT2D eigenvalue weighted by Gasteiger charge is 2.15. The minimum atomic E-state index is -1.35. The number of hydrogen-bond donors (Lipinski definition) is 2. The molecule has 66 valence electrons. The van der Waals surface area contributed by atoms with E-state index < -0.39 is 12.1 Å². The SMILES string of the molecule is Cc1occc1CC(O)C(=O)O. The molecular weight excluding hydrogens is 160 g/mol. The molecule has 2 N–H and O–H groups in total. The van der Waals surface area contributed by atoms with Crippen LogP contribution in [0.3, 0.4) is 0 Å². The molecule has 1 unspecified atom stereocenters. The number of furan rings is 1. The van der Waals surface area contributed by atoms with E-state index in [9.17, 15) is 4.79 Å². The van der Waals surface area contributed by atoms with Gasteiger partial charge in [0, 0.05) is 6.42 Å². The van der Waals surface area contributed by atoms with Crippen LogP contribution in [0.5, 0.6) is 0 Å². The molecule has 0 amide bonds. The fourth-order valence-electron chi connectivity index (χ4n) is 0.919. The third-order valence-corrected chi connectivity index (χ3v) is 1.66. The number of aliphatic hydroxyl groups is 1. The van der Waals surface area contributed by atoms with Gasteiger partial charge in [0.15, 0.2) is 6.10 Å². The van der Waals surface area contributed by atoms with Crippen molar-refractivity contribution in [1.29, 1.82) is 0 Å². The number of hydrogen-bond acceptors (Lipinski definition) is 3. The zero-order chi connectivity index (χ0) is 9.14. The summed E-state index contributed by atoms with van der Waals surface area (Å²) < 4.78 is 4.94. The molecule has 0 radical (unpaired) electrons. The molecule has 0 aromatic carbocycles. The van der Waals surface area contributed by atoms with Crippen molar-refractivity contribution in [1.82, 2.24) is 0 Å². The monoisotopic (exact) mass is 170 g/mol. The van der Waals surface area contributed by atoms with Crippen molar-refractivity contribution in [3.8, 4) is 0 Å². The van der Waals surface area contributed by atoms with Crippen LogP contribution in [0.25, 0.3) is 0 Å². The smallest absolute Gasteiger partial charge is 0.332 e.